The summed E-state index contributed by atoms with van der Waals surface area (Å²) in [5.74, 6) is 0.966. The lowest BCUT2D eigenvalue weighted by atomic mass is 9.95. The monoisotopic (exact) mass is 227 g/mol. The van der Waals surface area contributed by atoms with E-state index in [9.17, 15) is 0 Å². The van der Waals surface area contributed by atoms with Gasteiger partial charge in [-0.25, -0.2) is 0 Å². The minimum Gasteiger partial charge on any atom is -0.496 e. The molecule has 1 aromatic carbocycles. The Balaban J connectivity index is 2.53. The van der Waals surface area contributed by atoms with Crippen molar-refractivity contribution in [1.29, 1.82) is 0 Å². The minimum absolute atomic E-state index is 0.928. The number of hydrogen-bond donors (Lipinski definition) is 0. The average molecular weight is 227 g/mol. The first-order valence-electron chi connectivity index (χ1n) is 5.75. The Kier molecular flexibility index (Phi) is 2.15. The zero-order valence-corrected chi connectivity index (χ0v) is 10.3. The van der Waals surface area contributed by atoms with Crippen LogP contribution in [0.2, 0.25) is 0 Å². The molecule has 0 N–H and O–H groups in total. The molecule has 86 valence electrons. The lowest BCUT2D eigenvalue weighted by molar-refractivity contribution is -0.731. The number of allylic oxidation sites excluding steroid dienone is 1. The lowest BCUT2D eigenvalue weighted by Crippen LogP contribution is -2.38. The van der Waals surface area contributed by atoms with Gasteiger partial charge in [0.25, 0.3) is 0 Å². The Morgan fingerprint density at radius 2 is 2.18 bits per heavy atom. The largest absolute Gasteiger partial charge is 0.496 e. The van der Waals surface area contributed by atoms with E-state index in [1.807, 2.05) is 24.7 Å². The molecule has 0 saturated heterocycles. The topological polar surface area (TPSA) is 26.0 Å². The Morgan fingerprint density at radius 1 is 1.35 bits per heavy atom. The molecule has 3 nitrogen and oxygen atoms in total. The van der Waals surface area contributed by atoms with Crippen LogP contribution in [0.3, 0.4) is 0 Å². The van der Waals surface area contributed by atoms with E-state index in [1.54, 1.807) is 7.11 Å². The van der Waals surface area contributed by atoms with Crippen molar-refractivity contribution in [3.63, 3.8) is 0 Å². The molecule has 0 saturated carbocycles. The van der Waals surface area contributed by atoms with Crippen molar-refractivity contribution in [2.24, 2.45) is 7.05 Å². The molecular formula is C14H15N2O+. The van der Waals surface area contributed by atoms with Crippen LogP contribution in [0, 0.1) is 6.92 Å². The third kappa shape index (κ3) is 1.35. The standard InChI is InChI=1S/C14H15N2O/c1-9-10-7-8-13(17-3)11-5-4-6-12(14(10)11)16(2)15-9/h4,6-8H,5H2,1-3H3/q+1. The summed E-state index contributed by atoms with van der Waals surface area (Å²) in [7, 11) is 3.71. The Labute approximate surface area is 100 Å². The van der Waals surface area contributed by atoms with Gasteiger partial charge in [-0.2, -0.15) is 0 Å². The highest BCUT2D eigenvalue weighted by molar-refractivity contribution is 5.95. The van der Waals surface area contributed by atoms with E-state index in [1.165, 1.54) is 16.3 Å². The maximum atomic E-state index is 5.45. The van der Waals surface area contributed by atoms with E-state index in [0.29, 0.717) is 0 Å². The van der Waals surface area contributed by atoms with E-state index in [-0.39, 0.29) is 0 Å². The molecule has 0 aliphatic heterocycles. The van der Waals surface area contributed by atoms with Gasteiger partial charge in [0.15, 0.2) is 7.05 Å². The molecule has 3 heteroatoms. The molecule has 0 spiro atoms. The maximum absolute atomic E-state index is 5.45. The number of nitrogens with zero attached hydrogens (tertiary/aromatic N) is 2. The number of methoxy groups -OCH3 is 1. The molecule has 1 aliphatic carbocycles. The normalized spacial score (nSPS) is 13.1. The number of ether oxygens (including phenoxy) is 1. The highest BCUT2D eigenvalue weighted by Crippen LogP contribution is 2.33. The van der Waals surface area contributed by atoms with Crippen LogP contribution in [0.5, 0.6) is 5.75 Å². The summed E-state index contributed by atoms with van der Waals surface area (Å²) in [4.78, 5) is 0. The minimum atomic E-state index is 0.928. The van der Waals surface area contributed by atoms with Crippen LogP contribution in [0.4, 0.5) is 0 Å². The maximum Gasteiger partial charge on any atom is 0.239 e. The lowest BCUT2D eigenvalue weighted by Gasteiger charge is -2.14. The molecule has 0 fully saturated rings. The zero-order valence-electron chi connectivity index (χ0n) is 10.3. The molecule has 0 atom stereocenters. The third-order valence-corrected chi connectivity index (χ3v) is 3.38. The molecule has 0 bridgehead atoms. The van der Waals surface area contributed by atoms with Gasteiger partial charge in [0.05, 0.1) is 12.5 Å². The van der Waals surface area contributed by atoms with Crippen molar-refractivity contribution in [1.82, 2.24) is 5.10 Å². The zero-order chi connectivity index (χ0) is 12.0. The molecule has 0 radical (unpaired) electrons. The van der Waals surface area contributed by atoms with Gasteiger partial charge in [-0.05, 0) is 30.6 Å². The van der Waals surface area contributed by atoms with Gasteiger partial charge in [-0.1, -0.05) is 10.8 Å². The van der Waals surface area contributed by atoms with Crippen LogP contribution >= 0.6 is 0 Å². The van der Waals surface area contributed by atoms with Crippen molar-refractivity contribution in [2.75, 3.05) is 7.11 Å². The van der Waals surface area contributed by atoms with E-state index < -0.39 is 0 Å². The fourth-order valence-electron chi connectivity index (χ4n) is 2.59. The van der Waals surface area contributed by atoms with Crippen molar-refractivity contribution >= 4 is 16.8 Å². The second-order valence-corrected chi connectivity index (χ2v) is 4.37. The van der Waals surface area contributed by atoms with Gasteiger partial charge in [-0.3, -0.25) is 0 Å². The number of rotatable bonds is 1. The van der Waals surface area contributed by atoms with E-state index in [0.717, 1.165) is 23.6 Å². The van der Waals surface area contributed by atoms with Crippen LogP contribution in [0.25, 0.3) is 16.8 Å². The molecule has 3 rings (SSSR count). The first-order valence-corrected chi connectivity index (χ1v) is 5.75. The number of aryl methyl sites for hydroxylation is 2. The Hall–Kier alpha value is -1.90. The molecule has 0 unspecified atom stereocenters. The number of hydrogen-bond acceptors (Lipinski definition) is 2. The Bertz CT molecular complexity index is 644. The fraction of sp³-hybridized carbons (Fsp3) is 0.286. The predicted molar refractivity (Wildman–Crippen MR) is 66.9 cm³/mol. The van der Waals surface area contributed by atoms with Crippen LogP contribution in [0.15, 0.2) is 18.2 Å². The summed E-state index contributed by atoms with van der Waals surface area (Å²) < 4.78 is 7.39. The van der Waals surface area contributed by atoms with Gasteiger partial charge >= 0.3 is 0 Å². The number of aromatic nitrogens is 2. The second-order valence-electron chi connectivity index (χ2n) is 4.37. The first kappa shape index (κ1) is 10.3. The van der Waals surface area contributed by atoms with Crippen molar-refractivity contribution < 1.29 is 9.42 Å². The summed E-state index contributed by atoms with van der Waals surface area (Å²) in [6, 6.07) is 4.14. The fourth-order valence-corrected chi connectivity index (χ4v) is 2.59. The molecule has 1 aromatic heterocycles. The van der Waals surface area contributed by atoms with E-state index >= 15 is 0 Å². The van der Waals surface area contributed by atoms with Crippen molar-refractivity contribution in [2.45, 2.75) is 13.3 Å². The molecule has 17 heavy (non-hydrogen) atoms. The van der Waals surface area contributed by atoms with Crippen molar-refractivity contribution in [3.8, 4) is 5.75 Å². The number of benzene rings is 1. The molecule has 1 aliphatic rings. The molecule has 1 heterocycles. The van der Waals surface area contributed by atoms with E-state index in [4.69, 9.17) is 4.74 Å². The second kappa shape index (κ2) is 3.55. The van der Waals surface area contributed by atoms with Crippen LogP contribution in [-0.4, -0.2) is 12.2 Å². The van der Waals surface area contributed by atoms with Crippen LogP contribution in [0.1, 0.15) is 17.0 Å². The first-order chi connectivity index (χ1) is 8.22. The molecule has 2 aromatic rings. The average Bonchev–Trinajstić information content (AvgIpc) is 2.35. The summed E-state index contributed by atoms with van der Waals surface area (Å²) in [6.45, 7) is 2.05. The Morgan fingerprint density at radius 3 is 2.94 bits per heavy atom. The highest BCUT2D eigenvalue weighted by atomic mass is 16.5. The predicted octanol–water partition coefficient (Wildman–Crippen LogP) is 1.95. The summed E-state index contributed by atoms with van der Waals surface area (Å²) in [6.07, 6.45) is 5.23. The highest BCUT2D eigenvalue weighted by Gasteiger charge is 2.22. The smallest absolute Gasteiger partial charge is 0.239 e. The summed E-state index contributed by atoms with van der Waals surface area (Å²) in [5, 5.41) is 7.03. The van der Waals surface area contributed by atoms with Crippen LogP contribution < -0.4 is 9.42 Å². The van der Waals surface area contributed by atoms with Gasteiger partial charge in [0.1, 0.15) is 11.4 Å². The van der Waals surface area contributed by atoms with Crippen LogP contribution in [-0.2, 0) is 13.5 Å². The third-order valence-electron chi connectivity index (χ3n) is 3.38. The van der Waals surface area contributed by atoms with E-state index in [2.05, 4.69) is 23.3 Å². The summed E-state index contributed by atoms with van der Waals surface area (Å²) >= 11 is 0. The molecular weight excluding hydrogens is 212 g/mol. The van der Waals surface area contributed by atoms with Gasteiger partial charge in [-0.15, -0.1) is 0 Å². The quantitative estimate of drug-likeness (QED) is 0.696. The summed E-state index contributed by atoms with van der Waals surface area (Å²) in [5.41, 5.74) is 3.49. The van der Waals surface area contributed by atoms with Crippen molar-refractivity contribution in [3.05, 3.63) is 35.2 Å². The SMILES string of the molecule is COc1ccc2c(C)n[n+](C)c3c2c1CC=C3. The van der Waals surface area contributed by atoms with Gasteiger partial charge in [0, 0.05) is 17.0 Å². The van der Waals surface area contributed by atoms with Gasteiger partial charge in [0.2, 0.25) is 5.69 Å². The molecule has 0 amide bonds. The van der Waals surface area contributed by atoms with Gasteiger partial charge < -0.3 is 4.74 Å².